The molecule has 1 aromatic carbocycles. The highest BCUT2D eigenvalue weighted by atomic mass is 16.5. The van der Waals surface area contributed by atoms with Crippen LogP contribution >= 0.6 is 0 Å². The van der Waals surface area contributed by atoms with Gasteiger partial charge >= 0.3 is 5.97 Å². The molecule has 0 spiro atoms. The van der Waals surface area contributed by atoms with Crippen molar-refractivity contribution in [3.8, 4) is 0 Å². The van der Waals surface area contributed by atoms with Crippen LogP contribution in [0.2, 0.25) is 0 Å². The van der Waals surface area contributed by atoms with Crippen molar-refractivity contribution in [3.63, 3.8) is 0 Å². The third-order valence-electron chi connectivity index (χ3n) is 3.86. The Hall–Kier alpha value is -1.39. The third kappa shape index (κ3) is 3.78. The molecule has 104 valence electrons. The van der Waals surface area contributed by atoms with Crippen LogP contribution in [-0.4, -0.2) is 31.3 Å². The third-order valence-corrected chi connectivity index (χ3v) is 3.86. The molecule has 0 aromatic heterocycles. The van der Waals surface area contributed by atoms with Gasteiger partial charge in [-0.1, -0.05) is 18.2 Å². The van der Waals surface area contributed by atoms with Crippen LogP contribution in [0.4, 0.5) is 0 Å². The van der Waals surface area contributed by atoms with E-state index in [0.717, 1.165) is 25.1 Å². The minimum atomic E-state index is -0.863. The normalized spacial score (nSPS) is 16.3. The van der Waals surface area contributed by atoms with Gasteiger partial charge in [-0.25, -0.2) is 4.79 Å². The Kier molecular flexibility index (Phi) is 4.56. The second kappa shape index (κ2) is 6.17. The zero-order valence-corrected chi connectivity index (χ0v) is 11.3. The van der Waals surface area contributed by atoms with Crippen LogP contribution in [-0.2, 0) is 11.3 Å². The summed E-state index contributed by atoms with van der Waals surface area (Å²) < 4.78 is 5.13. The topological polar surface area (TPSA) is 58.6 Å². The quantitative estimate of drug-likeness (QED) is 0.755. The maximum Gasteiger partial charge on any atom is 0.336 e. The number of ether oxygens (including phenoxy) is 1. The van der Waals surface area contributed by atoms with E-state index < -0.39 is 5.97 Å². The zero-order chi connectivity index (χ0) is 13.7. The molecule has 1 fully saturated rings. The minimum absolute atomic E-state index is 0.383. The minimum Gasteiger partial charge on any atom is -0.478 e. The van der Waals surface area contributed by atoms with E-state index in [-0.39, 0.29) is 0 Å². The zero-order valence-electron chi connectivity index (χ0n) is 11.3. The van der Waals surface area contributed by atoms with Gasteiger partial charge in [-0.3, -0.25) is 0 Å². The Morgan fingerprint density at radius 2 is 2.16 bits per heavy atom. The van der Waals surface area contributed by atoms with E-state index in [9.17, 15) is 4.79 Å². The lowest BCUT2D eigenvalue weighted by molar-refractivity contribution is 0.0695. The van der Waals surface area contributed by atoms with Crippen molar-refractivity contribution in [3.05, 3.63) is 35.4 Å². The molecule has 1 aliphatic rings. The molecule has 0 heterocycles. The van der Waals surface area contributed by atoms with Crippen molar-refractivity contribution in [2.45, 2.75) is 25.8 Å². The summed E-state index contributed by atoms with van der Waals surface area (Å²) >= 11 is 0. The molecule has 2 N–H and O–H groups in total. The maximum atomic E-state index is 11.1. The van der Waals surface area contributed by atoms with Crippen LogP contribution in [0, 0.1) is 5.41 Å². The van der Waals surface area contributed by atoms with Gasteiger partial charge in [-0.15, -0.1) is 0 Å². The molecular formula is C15H21NO3. The van der Waals surface area contributed by atoms with E-state index >= 15 is 0 Å². The molecule has 1 aromatic rings. The number of hydrogen-bond donors (Lipinski definition) is 2. The van der Waals surface area contributed by atoms with Crippen molar-refractivity contribution in [2.24, 2.45) is 5.41 Å². The van der Waals surface area contributed by atoms with Gasteiger partial charge in [-0.2, -0.15) is 0 Å². The van der Waals surface area contributed by atoms with E-state index in [4.69, 9.17) is 9.84 Å². The van der Waals surface area contributed by atoms with Crippen LogP contribution in [0.3, 0.4) is 0 Å². The first-order chi connectivity index (χ1) is 9.17. The summed E-state index contributed by atoms with van der Waals surface area (Å²) in [6, 6.07) is 7.15. The first-order valence-electron chi connectivity index (χ1n) is 6.68. The number of aromatic carboxylic acids is 1. The van der Waals surface area contributed by atoms with Crippen molar-refractivity contribution >= 4 is 5.97 Å². The number of benzene rings is 1. The standard InChI is InChI=1S/C15H21NO3/c1-19-9-8-15(6-7-15)11-16-10-12-4-2-3-5-13(12)14(17)18/h2-5,16H,6-11H2,1H3,(H,17,18). The lowest BCUT2D eigenvalue weighted by Crippen LogP contribution is -2.25. The van der Waals surface area contributed by atoms with Gasteiger partial charge in [0.05, 0.1) is 5.56 Å². The number of carboxylic acid groups (broad SMARTS) is 1. The Morgan fingerprint density at radius 3 is 2.79 bits per heavy atom. The largest absolute Gasteiger partial charge is 0.478 e. The van der Waals surface area contributed by atoms with Crippen molar-refractivity contribution in [2.75, 3.05) is 20.3 Å². The van der Waals surface area contributed by atoms with E-state index in [2.05, 4.69) is 5.32 Å². The number of carbonyl (C=O) groups is 1. The number of nitrogens with one attached hydrogen (secondary N) is 1. The SMILES string of the molecule is COCCC1(CNCc2ccccc2C(=O)O)CC1. The maximum absolute atomic E-state index is 11.1. The number of methoxy groups -OCH3 is 1. The fourth-order valence-corrected chi connectivity index (χ4v) is 2.36. The predicted molar refractivity (Wildman–Crippen MR) is 73.3 cm³/mol. The highest BCUT2D eigenvalue weighted by molar-refractivity contribution is 5.89. The van der Waals surface area contributed by atoms with E-state index in [1.807, 2.05) is 12.1 Å². The van der Waals surface area contributed by atoms with Gasteiger partial charge in [0.2, 0.25) is 0 Å². The molecule has 0 unspecified atom stereocenters. The van der Waals surface area contributed by atoms with Crippen LogP contribution in [0.15, 0.2) is 24.3 Å². The molecule has 4 heteroatoms. The molecular weight excluding hydrogens is 242 g/mol. The molecule has 0 amide bonds. The van der Waals surface area contributed by atoms with Crippen molar-refractivity contribution in [1.82, 2.24) is 5.32 Å². The van der Waals surface area contributed by atoms with Crippen molar-refractivity contribution in [1.29, 1.82) is 0 Å². The fraction of sp³-hybridized carbons (Fsp3) is 0.533. The van der Waals surface area contributed by atoms with Gasteiger partial charge in [0.25, 0.3) is 0 Å². The van der Waals surface area contributed by atoms with Crippen LogP contribution in [0.5, 0.6) is 0 Å². The molecule has 0 saturated heterocycles. The molecule has 0 aliphatic heterocycles. The molecule has 1 aliphatic carbocycles. The average Bonchev–Trinajstić information content (AvgIpc) is 3.17. The summed E-state index contributed by atoms with van der Waals surface area (Å²) in [6.07, 6.45) is 3.56. The Balaban J connectivity index is 1.85. The molecule has 0 atom stereocenters. The smallest absolute Gasteiger partial charge is 0.336 e. The highest BCUT2D eigenvalue weighted by Gasteiger charge is 2.41. The van der Waals surface area contributed by atoms with E-state index in [0.29, 0.717) is 17.5 Å². The molecule has 1 saturated carbocycles. The Morgan fingerprint density at radius 1 is 1.42 bits per heavy atom. The van der Waals surface area contributed by atoms with Gasteiger partial charge in [0.15, 0.2) is 0 Å². The Bertz CT molecular complexity index is 441. The number of carboxylic acids is 1. The molecule has 2 rings (SSSR count). The van der Waals surface area contributed by atoms with Crippen molar-refractivity contribution < 1.29 is 14.6 Å². The lowest BCUT2D eigenvalue weighted by Gasteiger charge is -2.16. The van der Waals surface area contributed by atoms with Crippen LogP contribution in [0.25, 0.3) is 0 Å². The number of rotatable bonds is 8. The molecule has 19 heavy (non-hydrogen) atoms. The van der Waals surface area contributed by atoms with E-state index in [1.165, 1.54) is 12.8 Å². The summed E-state index contributed by atoms with van der Waals surface area (Å²) in [5.74, 6) is -0.863. The van der Waals surface area contributed by atoms with E-state index in [1.54, 1.807) is 19.2 Å². The fourth-order valence-electron chi connectivity index (χ4n) is 2.36. The Labute approximate surface area is 113 Å². The molecule has 4 nitrogen and oxygen atoms in total. The summed E-state index contributed by atoms with van der Waals surface area (Å²) in [5.41, 5.74) is 1.61. The lowest BCUT2D eigenvalue weighted by atomic mass is 10.0. The van der Waals surface area contributed by atoms with Crippen LogP contribution in [0.1, 0.15) is 35.2 Å². The summed E-state index contributed by atoms with van der Waals surface area (Å²) in [7, 11) is 1.73. The second-order valence-electron chi connectivity index (χ2n) is 5.31. The van der Waals surface area contributed by atoms with Gasteiger partial charge in [-0.05, 0) is 36.3 Å². The summed E-state index contributed by atoms with van der Waals surface area (Å²) in [4.78, 5) is 11.1. The van der Waals surface area contributed by atoms with Gasteiger partial charge in [0.1, 0.15) is 0 Å². The molecule has 0 radical (unpaired) electrons. The monoisotopic (exact) mass is 263 g/mol. The summed E-state index contributed by atoms with van der Waals surface area (Å²) in [5, 5.41) is 12.5. The second-order valence-corrected chi connectivity index (χ2v) is 5.31. The summed E-state index contributed by atoms with van der Waals surface area (Å²) in [6.45, 7) is 2.34. The molecule has 0 bridgehead atoms. The highest BCUT2D eigenvalue weighted by Crippen LogP contribution is 2.48. The average molecular weight is 263 g/mol. The van der Waals surface area contributed by atoms with Gasteiger partial charge < -0.3 is 15.2 Å². The number of hydrogen-bond acceptors (Lipinski definition) is 3. The van der Waals surface area contributed by atoms with Gasteiger partial charge in [0, 0.05) is 26.8 Å². The predicted octanol–water partition coefficient (Wildman–Crippen LogP) is 2.29. The van der Waals surface area contributed by atoms with Crippen LogP contribution < -0.4 is 5.32 Å². The first kappa shape index (κ1) is 14.0. The first-order valence-corrected chi connectivity index (χ1v) is 6.68.